The molecule has 0 aromatic heterocycles. The van der Waals surface area contributed by atoms with Crippen molar-refractivity contribution in [2.24, 2.45) is 45.3 Å². The molecule has 3 saturated carbocycles. The van der Waals surface area contributed by atoms with Gasteiger partial charge >= 0.3 is 17.9 Å². The summed E-state index contributed by atoms with van der Waals surface area (Å²) in [5, 5.41) is 0. The van der Waals surface area contributed by atoms with Crippen molar-refractivity contribution >= 4 is 29.5 Å². The van der Waals surface area contributed by atoms with Gasteiger partial charge in [0.2, 0.25) is 11.6 Å². The third-order valence-electron chi connectivity index (χ3n) is 14.1. The van der Waals surface area contributed by atoms with Gasteiger partial charge in [0.1, 0.15) is 23.9 Å². The normalized spacial score (nSPS) is 40.3. The molecule has 0 amide bonds. The maximum atomic E-state index is 13.4. The van der Waals surface area contributed by atoms with Crippen LogP contribution in [0.4, 0.5) is 0 Å². The molecule has 0 N–H and O–H groups in total. The molecule has 1 aromatic rings. The highest BCUT2D eigenvalue weighted by Gasteiger charge is 2.72. The minimum Gasteiger partial charge on any atom is -0.462 e. The molecule has 4 fully saturated rings. The molecule has 0 bridgehead atoms. The van der Waals surface area contributed by atoms with Crippen LogP contribution in [0.2, 0.25) is 0 Å². The second kappa shape index (κ2) is 12.4. The van der Waals surface area contributed by atoms with Gasteiger partial charge < -0.3 is 18.9 Å². The third kappa shape index (κ3) is 5.57. The Kier molecular flexibility index (Phi) is 9.05. The molecule has 272 valence electrons. The molecule has 0 spiro atoms. The summed E-state index contributed by atoms with van der Waals surface area (Å²) in [6, 6.07) is 8.90. The summed E-state index contributed by atoms with van der Waals surface area (Å²) in [5.41, 5.74) is -1.51. The summed E-state index contributed by atoms with van der Waals surface area (Å²) in [4.78, 5) is 65.1. The van der Waals surface area contributed by atoms with Gasteiger partial charge in [-0.05, 0) is 80.8 Å². The molecular formula is C41H54O9. The molecule has 1 heterocycles. The lowest BCUT2D eigenvalue weighted by molar-refractivity contribution is -0.259. The predicted molar refractivity (Wildman–Crippen MR) is 185 cm³/mol. The third-order valence-corrected chi connectivity index (χ3v) is 14.1. The van der Waals surface area contributed by atoms with Crippen molar-refractivity contribution in [2.45, 2.75) is 125 Å². The van der Waals surface area contributed by atoms with Crippen LogP contribution in [-0.4, -0.2) is 60.0 Å². The van der Waals surface area contributed by atoms with Gasteiger partial charge in [0, 0.05) is 42.9 Å². The van der Waals surface area contributed by atoms with Crippen molar-refractivity contribution in [2.75, 3.05) is 6.61 Å². The first-order valence-corrected chi connectivity index (χ1v) is 18.3. The van der Waals surface area contributed by atoms with E-state index in [1.54, 1.807) is 38.1 Å². The summed E-state index contributed by atoms with van der Waals surface area (Å²) < 4.78 is 25.0. The number of fused-ring (bicyclic) bond motifs is 5. The highest BCUT2D eigenvalue weighted by atomic mass is 16.6. The number of allylic oxidation sites excluding steroid dienone is 1. The van der Waals surface area contributed by atoms with Gasteiger partial charge in [-0.1, -0.05) is 64.5 Å². The van der Waals surface area contributed by atoms with Gasteiger partial charge in [-0.3, -0.25) is 19.2 Å². The SMILES string of the molecule is CC(=O)O[C@H]1C[C@@H](OC(=O)c2ccccc2)C(C)(C)C2C[C@@H](OC(C)=O)[C@@]3(C)C4=CC[C@@H](C5COC(C)(C)C(=O)C(=O)C5)[C@]4(C)CC[C@@H]3[C@]21C. The molecule has 10 atom stereocenters. The molecule has 1 aliphatic heterocycles. The van der Waals surface area contributed by atoms with Crippen molar-refractivity contribution in [3.63, 3.8) is 0 Å². The quantitative estimate of drug-likeness (QED) is 0.141. The number of hydrogen-bond donors (Lipinski definition) is 0. The Morgan fingerprint density at radius 3 is 2.08 bits per heavy atom. The summed E-state index contributed by atoms with van der Waals surface area (Å²) in [7, 11) is 0. The van der Waals surface area contributed by atoms with Crippen LogP contribution in [0.1, 0.15) is 111 Å². The number of Topliss-reactive ketones (excluding diaryl/α,β-unsaturated/α-hetero) is 2. The van der Waals surface area contributed by atoms with Crippen LogP contribution in [0, 0.1) is 45.3 Å². The molecule has 0 radical (unpaired) electrons. The Hall–Kier alpha value is -3.33. The number of benzene rings is 1. The van der Waals surface area contributed by atoms with Crippen LogP contribution in [0.3, 0.4) is 0 Å². The monoisotopic (exact) mass is 690 g/mol. The summed E-state index contributed by atoms with van der Waals surface area (Å²) >= 11 is 0. The van der Waals surface area contributed by atoms with Gasteiger partial charge in [-0.25, -0.2) is 4.79 Å². The van der Waals surface area contributed by atoms with E-state index in [-0.39, 0.29) is 53.2 Å². The first-order chi connectivity index (χ1) is 23.3. The molecule has 9 nitrogen and oxygen atoms in total. The van der Waals surface area contributed by atoms with E-state index < -0.39 is 51.9 Å². The number of hydrogen-bond acceptors (Lipinski definition) is 9. The molecule has 2 unspecified atom stereocenters. The summed E-state index contributed by atoms with van der Waals surface area (Å²) in [6.45, 7) is 17.5. The topological polar surface area (TPSA) is 122 Å². The van der Waals surface area contributed by atoms with Crippen LogP contribution < -0.4 is 0 Å². The van der Waals surface area contributed by atoms with Crippen LogP contribution >= 0.6 is 0 Å². The fourth-order valence-electron chi connectivity index (χ4n) is 11.7. The standard InChI is InChI=1S/C41H54O9/c1-23(42)48-33-20-31-37(3,4)32(50-36(46)25-13-11-10-12-14-25)21-34(49-24(2)43)41(31,9)30-17-18-39(7)27(15-16-29(39)40(30,33)8)26-19-28(44)35(45)38(5,6)47-22-26/h10-14,16,26-27,30-34H,15,17-22H2,1-9H3/t26?,27-,30-,31?,32+,33+,34-,39-,40-,41+/m0/s1. The second-order valence-corrected chi connectivity index (χ2v) is 17.5. The average molecular weight is 691 g/mol. The first-order valence-electron chi connectivity index (χ1n) is 18.3. The molecule has 50 heavy (non-hydrogen) atoms. The average Bonchev–Trinajstić information content (AvgIpc) is 3.35. The van der Waals surface area contributed by atoms with Gasteiger partial charge in [-0.2, -0.15) is 0 Å². The molecule has 9 heteroatoms. The number of esters is 3. The maximum absolute atomic E-state index is 13.4. The fourth-order valence-corrected chi connectivity index (χ4v) is 11.7. The number of carbonyl (C=O) groups is 5. The summed E-state index contributed by atoms with van der Waals surface area (Å²) in [5.74, 6) is -2.26. The molecule has 1 saturated heterocycles. The van der Waals surface area contributed by atoms with Gasteiger partial charge in [-0.15, -0.1) is 0 Å². The lowest BCUT2D eigenvalue weighted by Crippen LogP contribution is -2.70. The van der Waals surface area contributed by atoms with E-state index >= 15 is 0 Å². The molecule has 5 aliphatic rings. The van der Waals surface area contributed by atoms with E-state index in [4.69, 9.17) is 18.9 Å². The van der Waals surface area contributed by atoms with E-state index in [1.165, 1.54) is 19.4 Å². The molecular weight excluding hydrogens is 636 g/mol. The van der Waals surface area contributed by atoms with Crippen molar-refractivity contribution < 1.29 is 42.9 Å². The van der Waals surface area contributed by atoms with Crippen LogP contribution in [0.5, 0.6) is 0 Å². The fraction of sp³-hybridized carbons (Fsp3) is 0.683. The van der Waals surface area contributed by atoms with E-state index in [0.29, 0.717) is 25.0 Å². The smallest absolute Gasteiger partial charge is 0.338 e. The number of ether oxygens (including phenoxy) is 4. The highest BCUT2D eigenvalue weighted by Crippen LogP contribution is 2.74. The van der Waals surface area contributed by atoms with Crippen LogP contribution in [-0.2, 0) is 38.1 Å². The summed E-state index contributed by atoms with van der Waals surface area (Å²) in [6.07, 6.45) is 4.06. The predicted octanol–water partition coefficient (Wildman–Crippen LogP) is 6.85. The highest BCUT2D eigenvalue weighted by molar-refractivity contribution is 6.40. The van der Waals surface area contributed by atoms with E-state index in [0.717, 1.165) is 19.3 Å². The maximum Gasteiger partial charge on any atom is 0.338 e. The Morgan fingerprint density at radius 2 is 1.44 bits per heavy atom. The van der Waals surface area contributed by atoms with E-state index in [9.17, 15) is 24.0 Å². The Balaban J connectivity index is 1.40. The van der Waals surface area contributed by atoms with E-state index in [1.807, 2.05) is 6.07 Å². The van der Waals surface area contributed by atoms with Gasteiger partial charge in [0.15, 0.2) is 0 Å². The molecule has 1 aromatic carbocycles. The Morgan fingerprint density at radius 1 is 0.800 bits per heavy atom. The minimum atomic E-state index is -1.15. The molecule has 4 aliphatic carbocycles. The molecule has 6 rings (SSSR count). The zero-order chi connectivity index (χ0) is 36.6. The Bertz CT molecular complexity index is 1610. The minimum absolute atomic E-state index is 0.0434. The zero-order valence-electron chi connectivity index (χ0n) is 31.1. The number of ketones is 2. The second-order valence-electron chi connectivity index (χ2n) is 17.5. The Labute approximate surface area is 296 Å². The van der Waals surface area contributed by atoms with Crippen molar-refractivity contribution in [3.8, 4) is 0 Å². The van der Waals surface area contributed by atoms with E-state index in [2.05, 4.69) is 40.7 Å². The van der Waals surface area contributed by atoms with Crippen LogP contribution in [0.25, 0.3) is 0 Å². The number of carbonyl (C=O) groups excluding carboxylic acids is 5. The van der Waals surface area contributed by atoms with Crippen molar-refractivity contribution in [1.82, 2.24) is 0 Å². The lowest BCUT2D eigenvalue weighted by Gasteiger charge is -2.70. The lowest BCUT2D eigenvalue weighted by atomic mass is 9.36. The largest absolute Gasteiger partial charge is 0.462 e. The van der Waals surface area contributed by atoms with Gasteiger partial charge in [0.25, 0.3) is 0 Å². The van der Waals surface area contributed by atoms with Crippen molar-refractivity contribution in [3.05, 3.63) is 47.5 Å². The van der Waals surface area contributed by atoms with Gasteiger partial charge in [0.05, 0.1) is 12.2 Å². The van der Waals surface area contributed by atoms with Crippen molar-refractivity contribution in [1.29, 1.82) is 0 Å². The van der Waals surface area contributed by atoms with Crippen LogP contribution in [0.15, 0.2) is 42.0 Å². The number of rotatable bonds is 5. The zero-order valence-corrected chi connectivity index (χ0v) is 31.1. The first kappa shape index (κ1) is 36.5.